The van der Waals surface area contributed by atoms with Crippen LogP contribution in [0.1, 0.15) is 21.5 Å². The van der Waals surface area contributed by atoms with Gasteiger partial charge >= 0.3 is 0 Å². The van der Waals surface area contributed by atoms with Gasteiger partial charge in [-0.15, -0.1) is 0 Å². The third-order valence-corrected chi connectivity index (χ3v) is 4.06. The van der Waals surface area contributed by atoms with Gasteiger partial charge in [-0.3, -0.25) is 4.79 Å². The van der Waals surface area contributed by atoms with Crippen molar-refractivity contribution >= 4 is 17.5 Å². The first kappa shape index (κ1) is 14.1. The van der Waals surface area contributed by atoms with Crippen LogP contribution in [-0.2, 0) is 12.8 Å². The molecule has 2 aromatic carbocycles. The minimum atomic E-state index is -0.905. The van der Waals surface area contributed by atoms with Crippen LogP contribution in [0.15, 0.2) is 48.5 Å². The van der Waals surface area contributed by atoms with Gasteiger partial charge in [0.05, 0.1) is 5.60 Å². The lowest BCUT2D eigenvalue weighted by Gasteiger charge is -2.22. The molecule has 1 aliphatic carbocycles. The van der Waals surface area contributed by atoms with Crippen LogP contribution in [0.25, 0.3) is 0 Å². The van der Waals surface area contributed by atoms with E-state index in [1.54, 1.807) is 24.3 Å². The van der Waals surface area contributed by atoms with Gasteiger partial charge in [-0.25, -0.2) is 0 Å². The average molecular weight is 302 g/mol. The number of carbonyl (C=O) groups is 1. The Bertz CT molecular complexity index is 659. The predicted octanol–water partition coefficient (Wildman–Crippen LogP) is 2.60. The van der Waals surface area contributed by atoms with E-state index in [0.717, 1.165) is 11.1 Å². The van der Waals surface area contributed by atoms with E-state index in [0.29, 0.717) is 23.4 Å². The molecule has 0 bridgehead atoms. The summed E-state index contributed by atoms with van der Waals surface area (Å²) in [4.78, 5) is 12.1. The molecule has 1 amide bonds. The molecule has 2 N–H and O–H groups in total. The Labute approximate surface area is 128 Å². The molecule has 0 unspecified atom stereocenters. The van der Waals surface area contributed by atoms with E-state index < -0.39 is 5.60 Å². The molecule has 3 rings (SSSR count). The summed E-state index contributed by atoms with van der Waals surface area (Å²) >= 11 is 5.88. The van der Waals surface area contributed by atoms with Gasteiger partial charge in [0.15, 0.2) is 0 Å². The summed E-state index contributed by atoms with van der Waals surface area (Å²) in [5.74, 6) is -0.220. The Hall–Kier alpha value is -1.84. The summed E-state index contributed by atoms with van der Waals surface area (Å²) in [6.45, 7) is 0.229. The van der Waals surface area contributed by atoms with Gasteiger partial charge in [0.1, 0.15) is 0 Å². The van der Waals surface area contributed by atoms with E-state index >= 15 is 0 Å². The highest BCUT2D eigenvalue weighted by atomic mass is 35.5. The number of nitrogens with one attached hydrogen (secondary N) is 1. The normalized spacial score (nSPS) is 15.5. The maximum absolute atomic E-state index is 12.1. The van der Waals surface area contributed by atoms with Crippen molar-refractivity contribution in [1.29, 1.82) is 0 Å². The Balaban J connectivity index is 1.65. The fraction of sp³-hybridized carbons (Fsp3) is 0.235. The van der Waals surface area contributed by atoms with E-state index in [1.807, 2.05) is 24.3 Å². The van der Waals surface area contributed by atoms with Gasteiger partial charge in [0, 0.05) is 30.0 Å². The maximum Gasteiger partial charge on any atom is 0.251 e. The molecular weight excluding hydrogens is 286 g/mol. The van der Waals surface area contributed by atoms with Crippen LogP contribution in [0.3, 0.4) is 0 Å². The number of carbonyl (C=O) groups excluding carboxylic acids is 1. The molecule has 0 atom stereocenters. The minimum Gasteiger partial charge on any atom is -0.387 e. The van der Waals surface area contributed by atoms with E-state index in [2.05, 4.69) is 5.32 Å². The van der Waals surface area contributed by atoms with Gasteiger partial charge in [0.2, 0.25) is 0 Å². The first-order valence-corrected chi connectivity index (χ1v) is 7.26. The molecule has 4 heteroatoms. The molecule has 0 saturated carbocycles. The summed E-state index contributed by atoms with van der Waals surface area (Å²) in [6.07, 6.45) is 1.14. The lowest BCUT2D eigenvalue weighted by molar-refractivity contribution is 0.0480. The largest absolute Gasteiger partial charge is 0.387 e. The number of hydrogen-bond donors (Lipinski definition) is 2. The Morgan fingerprint density at radius 3 is 2.43 bits per heavy atom. The molecule has 0 aliphatic heterocycles. The number of aliphatic hydroxyl groups is 1. The molecule has 0 saturated heterocycles. The number of amides is 1. The summed E-state index contributed by atoms with van der Waals surface area (Å²) in [6, 6.07) is 14.7. The third kappa shape index (κ3) is 3.09. The summed E-state index contributed by atoms with van der Waals surface area (Å²) in [5.41, 5.74) is 1.90. The van der Waals surface area contributed by atoms with E-state index in [1.165, 1.54) is 0 Å². The Morgan fingerprint density at radius 2 is 1.81 bits per heavy atom. The van der Waals surface area contributed by atoms with E-state index in [-0.39, 0.29) is 12.5 Å². The van der Waals surface area contributed by atoms with Gasteiger partial charge in [0.25, 0.3) is 5.91 Å². The van der Waals surface area contributed by atoms with Crippen LogP contribution < -0.4 is 5.32 Å². The topological polar surface area (TPSA) is 49.3 Å². The number of fused-ring (bicyclic) bond motifs is 1. The second-order valence-electron chi connectivity index (χ2n) is 5.54. The minimum absolute atomic E-state index is 0.220. The maximum atomic E-state index is 12.1. The quantitative estimate of drug-likeness (QED) is 0.915. The first-order valence-electron chi connectivity index (χ1n) is 6.89. The third-order valence-electron chi connectivity index (χ3n) is 3.82. The first-order chi connectivity index (χ1) is 10.1. The lowest BCUT2D eigenvalue weighted by atomic mass is 10.0. The molecular formula is C17H16ClNO2. The molecule has 1 aliphatic rings. The van der Waals surface area contributed by atoms with Crippen LogP contribution in [-0.4, -0.2) is 23.2 Å². The number of hydrogen-bond acceptors (Lipinski definition) is 2. The van der Waals surface area contributed by atoms with Gasteiger partial charge in [-0.2, -0.15) is 0 Å². The SMILES string of the molecule is O=C(NCC1(O)Cc2ccccc2C1)c1cccc(Cl)c1. The second kappa shape index (κ2) is 5.51. The molecule has 2 aromatic rings. The van der Waals surface area contributed by atoms with Crippen LogP contribution in [0.2, 0.25) is 5.02 Å². The van der Waals surface area contributed by atoms with Crippen LogP contribution >= 0.6 is 11.6 Å². The summed E-state index contributed by atoms with van der Waals surface area (Å²) in [7, 11) is 0. The molecule has 108 valence electrons. The highest BCUT2D eigenvalue weighted by Crippen LogP contribution is 2.29. The molecule has 21 heavy (non-hydrogen) atoms. The fourth-order valence-corrected chi connectivity index (χ4v) is 2.97. The molecule has 0 radical (unpaired) electrons. The van der Waals surface area contributed by atoms with Crippen molar-refractivity contribution in [2.45, 2.75) is 18.4 Å². The van der Waals surface area contributed by atoms with Crippen molar-refractivity contribution in [3.8, 4) is 0 Å². The number of rotatable bonds is 3. The zero-order valence-corrected chi connectivity index (χ0v) is 12.2. The molecule has 0 fully saturated rings. The van der Waals surface area contributed by atoms with Crippen LogP contribution in [0, 0.1) is 0 Å². The fourth-order valence-electron chi connectivity index (χ4n) is 2.78. The molecule has 0 heterocycles. The molecule has 0 spiro atoms. The van der Waals surface area contributed by atoms with Gasteiger partial charge < -0.3 is 10.4 Å². The van der Waals surface area contributed by atoms with Gasteiger partial charge in [-0.05, 0) is 29.3 Å². The van der Waals surface area contributed by atoms with Crippen LogP contribution in [0.4, 0.5) is 0 Å². The number of halogens is 1. The number of benzene rings is 2. The van der Waals surface area contributed by atoms with Crippen molar-refractivity contribution in [1.82, 2.24) is 5.32 Å². The van der Waals surface area contributed by atoms with Crippen molar-refractivity contribution in [3.05, 3.63) is 70.2 Å². The van der Waals surface area contributed by atoms with Crippen molar-refractivity contribution in [3.63, 3.8) is 0 Å². The summed E-state index contributed by atoms with van der Waals surface area (Å²) < 4.78 is 0. The molecule has 3 nitrogen and oxygen atoms in total. The highest BCUT2D eigenvalue weighted by molar-refractivity contribution is 6.30. The Kier molecular flexibility index (Phi) is 3.70. The van der Waals surface area contributed by atoms with Crippen molar-refractivity contribution < 1.29 is 9.90 Å². The van der Waals surface area contributed by atoms with Crippen LogP contribution in [0.5, 0.6) is 0 Å². The molecule has 0 aromatic heterocycles. The predicted molar refractivity (Wildman–Crippen MR) is 82.6 cm³/mol. The van der Waals surface area contributed by atoms with Crippen molar-refractivity contribution in [2.24, 2.45) is 0 Å². The zero-order valence-electron chi connectivity index (χ0n) is 11.5. The standard InChI is InChI=1S/C17H16ClNO2/c18-15-7-3-6-12(8-15)16(20)19-11-17(21)9-13-4-1-2-5-14(13)10-17/h1-8,21H,9-11H2,(H,19,20). The zero-order chi connectivity index (χ0) is 14.9. The highest BCUT2D eigenvalue weighted by Gasteiger charge is 2.35. The average Bonchev–Trinajstić information content (AvgIpc) is 2.81. The van der Waals surface area contributed by atoms with E-state index in [9.17, 15) is 9.90 Å². The van der Waals surface area contributed by atoms with Gasteiger partial charge in [-0.1, -0.05) is 41.9 Å². The lowest BCUT2D eigenvalue weighted by Crippen LogP contribution is -2.43. The van der Waals surface area contributed by atoms with E-state index in [4.69, 9.17) is 11.6 Å². The summed E-state index contributed by atoms with van der Waals surface area (Å²) in [5, 5.41) is 13.9. The smallest absolute Gasteiger partial charge is 0.251 e. The second-order valence-corrected chi connectivity index (χ2v) is 5.98. The Morgan fingerprint density at radius 1 is 1.14 bits per heavy atom. The van der Waals surface area contributed by atoms with Crippen molar-refractivity contribution in [2.75, 3.05) is 6.54 Å². The monoisotopic (exact) mass is 301 g/mol.